The highest BCUT2D eigenvalue weighted by atomic mass is 16.2. The van der Waals surface area contributed by atoms with Gasteiger partial charge in [-0.1, -0.05) is 25.3 Å². The van der Waals surface area contributed by atoms with Crippen LogP contribution in [0, 0.1) is 5.92 Å². The summed E-state index contributed by atoms with van der Waals surface area (Å²) in [6.45, 7) is 3.52. The molecule has 4 aliphatic rings. The number of fused-ring (bicyclic) bond motifs is 2. The van der Waals surface area contributed by atoms with Gasteiger partial charge in [-0.2, -0.15) is 0 Å². The van der Waals surface area contributed by atoms with E-state index in [1.54, 1.807) is 4.90 Å². The Labute approximate surface area is 165 Å². The lowest BCUT2D eigenvalue weighted by Gasteiger charge is -2.29. The van der Waals surface area contributed by atoms with Crippen LogP contribution in [-0.2, 0) is 29.2 Å². The van der Waals surface area contributed by atoms with E-state index in [4.69, 9.17) is 0 Å². The molecule has 5 rings (SSSR count). The molecule has 3 heterocycles. The predicted molar refractivity (Wildman–Crippen MR) is 103 cm³/mol. The standard InChI is InChI=1S/C22H27N3O3/c26-20-7-6-19(21(27)23-20)25-13-17-8-15-11-24(10-14-4-2-1-3-5-14)12-16(15)9-18(17)22(25)28/h8-9,14,19H,1-7,10-13H2,(H,23,26,27). The molecular weight excluding hydrogens is 354 g/mol. The van der Waals surface area contributed by atoms with Gasteiger partial charge in [0.2, 0.25) is 11.8 Å². The summed E-state index contributed by atoms with van der Waals surface area (Å²) in [7, 11) is 0. The van der Waals surface area contributed by atoms with Crippen molar-refractivity contribution in [3.05, 3.63) is 34.4 Å². The Morgan fingerprint density at radius 2 is 1.64 bits per heavy atom. The second kappa shape index (κ2) is 6.99. The summed E-state index contributed by atoms with van der Waals surface area (Å²) >= 11 is 0. The van der Waals surface area contributed by atoms with Crippen molar-refractivity contribution in [1.82, 2.24) is 15.1 Å². The summed E-state index contributed by atoms with van der Waals surface area (Å²) in [4.78, 5) is 40.7. The Morgan fingerprint density at radius 3 is 2.39 bits per heavy atom. The minimum Gasteiger partial charge on any atom is -0.322 e. The summed E-state index contributed by atoms with van der Waals surface area (Å²) in [5, 5.41) is 2.36. The van der Waals surface area contributed by atoms with Crippen LogP contribution in [0.1, 0.15) is 72.0 Å². The number of amides is 3. The van der Waals surface area contributed by atoms with E-state index in [1.807, 2.05) is 0 Å². The Morgan fingerprint density at radius 1 is 0.893 bits per heavy atom. The van der Waals surface area contributed by atoms with Crippen molar-refractivity contribution in [1.29, 1.82) is 0 Å². The van der Waals surface area contributed by atoms with Crippen LogP contribution in [0.2, 0.25) is 0 Å². The summed E-state index contributed by atoms with van der Waals surface area (Å²) in [5.41, 5.74) is 4.34. The van der Waals surface area contributed by atoms with Crippen LogP contribution in [0.15, 0.2) is 12.1 Å². The molecule has 2 fully saturated rings. The van der Waals surface area contributed by atoms with Crippen LogP contribution in [0.4, 0.5) is 0 Å². The van der Waals surface area contributed by atoms with Crippen LogP contribution < -0.4 is 5.32 Å². The summed E-state index contributed by atoms with van der Waals surface area (Å²) in [6, 6.07) is 3.70. The quantitative estimate of drug-likeness (QED) is 0.816. The van der Waals surface area contributed by atoms with Crippen LogP contribution in [0.3, 0.4) is 0 Å². The second-order valence-electron chi connectivity index (χ2n) is 8.85. The maximum atomic E-state index is 13.0. The average Bonchev–Trinajstić information content (AvgIpc) is 3.21. The minimum atomic E-state index is -0.532. The van der Waals surface area contributed by atoms with Gasteiger partial charge in [-0.05, 0) is 47.9 Å². The fourth-order valence-corrected chi connectivity index (χ4v) is 5.41. The molecular formula is C22H27N3O3. The molecule has 0 aromatic heterocycles. The van der Waals surface area contributed by atoms with Gasteiger partial charge in [-0.25, -0.2) is 0 Å². The first-order valence-electron chi connectivity index (χ1n) is 10.6. The third-order valence-corrected chi connectivity index (χ3v) is 6.87. The Hall–Kier alpha value is -2.21. The monoisotopic (exact) mass is 381 g/mol. The molecule has 1 N–H and O–H groups in total. The highest BCUT2D eigenvalue weighted by Crippen LogP contribution is 2.34. The summed E-state index contributed by atoms with van der Waals surface area (Å²) < 4.78 is 0. The maximum Gasteiger partial charge on any atom is 0.255 e. The summed E-state index contributed by atoms with van der Waals surface area (Å²) in [6.07, 6.45) is 7.53. The molecule has 1 atom stereocenters. The average molecular weight is 381 g/mol. The van der Waals surface area contributed by atoms with Gasteiger partial charge >= 0.3 is 0 Å². The molecule has 3 amide bonds. The first kappa shape index (κ1) is 17.9. The van der Waals surface area contributed by atoms with Crippen molar-refractivity contribution in [3.8, 4) is 0 Å². The Balaban J connectivity index is 1.29. The third kappa shape index (κ3) is 3.13. The van der Waals surface area contributed by atoms with Crippen molar-refractivity contribution in [2.45, 2.75) is 70.6 Å². The lowest BCUT2D eigenvalue weighted by atomic mass is 9.89. The van der Waals surface area contributed by atoms with Crippen LogP contribution in [0.25, 0.3) is 0 Å². The molecule has 148 valence electrons. The number of nitrogens with one attached hydrogen (secondary N) is 1. The molecule has 0 spiro atoms. The van der Waals surface area contributed by atoms with Crippen molar-refractivity contribution < 1.29 is 14.4 Å². The molecule has 1 aromatic rings. The van der Waals surface area contributed by atoms with Crippen molar-refractivity contribution >= 4 is 17.7 Å². The predicted octanol–water partition coefficient (Wildman–Crippen LogP) is 2.34. The van der Waals surface area contributed by atoms with E-state index in [9.17, 15) is 14.4 Å². The number of piperidine rings is 1. The second-order valence-corrected chi connectivity index (χ2v) is 8.85. The van der Waals surface area contributed by atoms with Gasteiger partial charge in [0.05, 0.1) is 0 Å². The number of carbonyl (C=O) groups is 3. The Bertz CT molecular complexity index is 844. The van der Waals surface area contributed by atoms with Gasteiger partial charge in [-0.15, -0.1) is 0 Å². The summed E-state index contributed by atoms with van der Waals surface area (Å²) in [5.74, 6) is 0.156. The fraction of sp³-hybridized carbons (Fsp3) is 0.591. The maximum absolute atomic E-state index is 13.0. The number of nitrogens with zero attached hydrogens (tertiary/aromatic N) is 2. The molecule has 1 unspecified atom stereocenters. The number of imide groups is 1. The van der Waals surface area contributed by atoms with Gasteiger partial charge in [-0.3, -0.25) is 24.6 Å². The molecule has 1 aliphatic carbocycles. The topological polar surface area (TPSA) is 69.7 Å². The molecule has 1 aromatic carbocycles. The van der Waals surface area contributed by atoms with Crippen LogP contribution in [-0.4, -0.2) is 40.1 Å². The van der Waals surface area contributed by atoms with E-state index in [-0.39, 0.29) is 17.7 Å². The van der Waals surface area contributed by atoms with Crippen LogP contribution >= 0.6 is 0 Å². The lowest BCUT2D eigenvalue weighted by molar-refractivity contribution is -0.136. The normalized spacial score (nSPS) is 25.8. The molecule has 6 nitrogen and oxygen atoms in total. The zero-order valence-corrected chi connectivity index (χ0v) is 16.2. The van der Waals surface area contributed by atoms with E-state index in [0.29, 0.717) is 19.4 Å². The van der Waals surface area contributed by atoms with E-state index >= 15 is 0 Å². The van der Waals surface area contributed by atoms with Crippen LogP contribution in [0.5, 0.6) is 0 Å². The first-order valence-corrected chi connectivity index (χ1v) is 10.6. The van der Waals surface area contributed by atoms with Crippen molar-refractivity contribution in [3.63, 3.8) is 0 Å². The van der Waals surface area contributed by atoms with Gasteiger partial charge in [0, 0.05) is 38.2 Å². The number of hydrogen-bond donors (Lipinski definition) is 1. The van der Waals surface area contributed by atoms with Crippen molar-refractivity contribution in [2.24, 2.45) is 5.92 Å². The first-order chi connectivity index (χ1) is 13.6. The van der Waals surface area contributed by atoms with E-state index in [2.05, 4.69) is 22.3 Å². The van der Waals surface area contributed by atoms with Gasteiger partial charge < -0.3 is 4.90 Å². The number of rotatable bonds is 3. The third-order valence-electron chi connectivity index (χ3n) is 6.87. The molecule has 1 saturated heterocycles. The van der Waals surface area contributed by atoms with Crippen molar-refractivity contribution in [2.75, 3.05) is 6.54 Å². The molecule has 1 saturated carbocycles. The van der Waals surface area contributed by atoms with Gasteiger partial charge in [0.25, 0.3) is 5.91 Å². The number of hydrogen-bond acceptors (Lipinski definition) is 4. The number of carbonyl (C=O) groups excluding carboxylic acids is 3. The smallest absolute Gasteiger partial charge is 0.255 e. The zero-order chi connectivity index (χ0) is 19.3. The number of benzene rings is 1. The molecule has 3 aliphatic heterocycles. The molecule has 28 heavy (non-hydrogen) atoms. The highest BCUT2D eigenvalue weighted by molar-refractivity contribution is 6.05. The highest BCUT2D eigenvalue weighted by Gasteiger charge is 2.40. The van der Waals surface area contributed by atoms with E-state index in [0.717, 1.165) is 36.7 Å². The molecule has 6 heteroatoms. The van der Waals surface area contributed by atoms with Gasteiger partial charge in [0.15, 0.2) is 0 Å². The minimum absolute atomic E-state index is 0.0713. The zero-order valence-electron chi connectivity index (χ0n) is 16.2. The Kier molecular flexibility index (Phi) is 4.46. The van der Waals surface area contributed by atoms with Gasteiger partial charge in [0.1, 0.15) is 6.04 Å². The molecule has 0 bridgehead atoms. The molecule has 0 radical (unpaired) electrons. The fourth-order valence-electron chi connectivity index (χ4n) is 5.41. The lowest BCUT2D eigenvalue weighted by Crippen LogP contribution is -2.52. The largest absolute Gasteiger partial charge is 0.322 e. The van der Waals surface area contributed by atoms with E-state index < -0.39 is 6.04 Å². The van der Waals surface area contributed by atoms with E-state index in [1.165, 1.54) is 43.2 Å². The SMILES string of the molecule is O=C1CCC(N2Cc3cc4c(cc3C2=O)CN(CC2CCCCC2)C4)C(=O)N1.